The number of halogens is 1. The van der Waals surface area contributed by atoms with Crippen molar-refractivity contribution in [2.45, 2.75) is 45.3 Å². The first-order valence-electron chi connectivity index (χ1n) is 12.4. The van der Waals surface area contributed by atoms with Crippen molar-refractivity contribution in [3.63, 3.8) is 0 Å². The molecule has 1 aliphatic heterocycles. The molecule has 1 aliphatic carbocycles. The number of carbonyl (C=O) groups excluding carboxylic acids is 2. The predicted molar refractivity (Wildman–Crippen MR) is 133 cm³/mol. The Bertz CT molecular complexity index is 1350. The molecule has 37 heavy (non-hydrogen) atoms. The molecule has 5 rings (SSSR count). The number of H-pyrrole nitrogens is 1. The third kappa shape index (κ3) is 4.95. The number of ether oxygens (including phenoxy) is 2. The van der Waals surface area contributed by atoms with Crippen molar-refractivity contribution in [1.82, 2.24) is 25.2 Å². The van der Waals surface area contributed by atoms with Crippen LogP contribution in [0.15, 0.2) is 18.5 Å². The Kier molecular flexibility index (Phi) is 6.72. The highest BCUT2D eigenvalue weighted by Gasteiger charge is 2.31. The van der Waals surface area contributed by atoms with Gasteiger partial charge in [-0.15, -0.1) is 0 Å². The largest absolute Gasteiger partial charge is 0.494 e. The number of amides is 2. The van der Waals surface area contributed by atoms with E-state index in [1.54, 1.807) is 11.8 Å². The zero-order valence-corrected chi connectivity index (χ0v) is 21.0. The summed E-state index contributed by atoms with van der Waals surface area (Å²) in [4.78, 5) is 38.9. The molecule has 10 nitrogen and oxygen atoms in total. The first-order chi connectivity index (χ1) is 17.8. The lowest BCUT2D eigenvalue weighted by atomic mass is 10.1. The fraction of sp³-hybridized carbons (Fsp3) is 0.462. The summed E-state index contributed by atoms with van der Waals surface area (Å²) in [5, 5.41) is 12.5. The van der Waals surface area contributed by atoms with Gasteiger partial charge in [0.05, 0.1) is 24.8 Å². The van der Waals surface area contributed by atoms with E-state index in [9.17, 15) is 19.1 Å². The highest BCUT2D eigenvalue weighted by Crippen LogP contribution is 2.39. The molecule has 1 saturated carbocycles. The maximum Gasteiger partial charge on any atom is 0.255 e. The van der Waals surface area contributed by atoms with E-state index in [2.05, 4.69) is 20.3 Å². The van der Waals surface area contributed by atoms with Gasteiger partial charge in [-0.05, 0) is 45.1 Å². The van der Waals surface area contributed by atoms with Crippen molar-refractivity contribution in [2.75, 3.05) is 26.8 Å². The molecule has 3 N–H and O–H groups in total. The predicted octanol–water partition coefficient (Wildman–Crippen LogP) is 2.58. The molecule has 1 saturated heterocycles. The van der Waals surface area contributed by atoms with Gasteiger partial charge in [-0.2, -0.15) is 0 Å². The second kappa shape index (κ2) is 9.97. The highest BCUT2D eigenvalue weighted by molar-refractivity contribution is 6.09. The van der Waals surface area contributed by atoms with Gasteiger partial charge >= 0.3 is 0 Å². The molecule has 0 bridgehead atoms. The van der Waals surface area contributed by atoms with Crippen molar-refractivity contribution in [3.8, 4) is 22.8 Å². The zero-order valence-electron chi connectivity index (χ0n) is 21.0. The number of aromatic nitrogens is 3. The summed E-state index contributed by atoms with van der Waals surface area (Å²) >= 11 is 0. The van der Waals surface area contributed by atoms with Crippen LogP contribution in [0.2, 0.25) is 0 Å². The molecule has 11 heteroatoms. The number of fused-ring (bicyclic) bond motifs is 1. The topological polar surface area (TPSA) is 130 Å². The Morgan fingerprint density at radius 2 is 2.05 bits per heavy atom. The van der Waals surface area contributed by atoms with Gasteiger partial charge in [-0.1, -0.05) is 0 Å². The number of rotatable bonds is 8. The maximum absolute atomic E-state index is 14.8. The summed E-state index contributed by atoms with van der Waals surface area (Å²) in [6.07, 6.45) is 3.05. The summed E-state index contributed by atoms with van der Waals surface area (Å²) < 4.78 is 25.9. The van der Waals surface area contributed by atoms with Crippen LogP contribution in [0.4, 0.5) is 4.39 Å². The molecule has 2 atom stereocenters. The van der Waals surface area contributed by atoms with Gasteiger partial charge in [0, 0.05) is 36.5 Å². The minimum atomic E-state index is -1.08. The first-order valence-corrected chi connectivity index (χ1v) is 12.4. The molecule has 2 aliphatic rings. The van der Waals surface area contributed by atoms with Crippen molar-refractivity contribution < 1.29 is 28.6 Å². The normalized spacial score (nSPS) is 18.2. The van der Waals surface area contributed by atoms with Crippen LogP contribution in [0.3, 0.4) is 0 Å². The van der Waals surface area contributed by atoms with Gasteiger partial charge < -0.3 is 29.8 Å². The summed E-state index contributed by atoms with van der Waals surface area (Å²) in [5.41, 5.74) is 2.67. The maximum atomic E-state index is 14.8. The zero-order chi connectivity index (χ0) is 26.3. The summed E-state index contributed by atoms with van der Waals surface area (Å²) in [6.45, 7) is 4.49. The quantitative estimate of drug-likeness (QED) is 0.424. The van der Waals surface area contributed by atoms with Crippen LogP contribution in [-0.2, 0) is 4.79 Å². The number of methoxy groups -OCH3 is 1. The van der Waals surface area contributed by atoms with Crippen molar-refractivity contribution >= 4 is 22.8 Å². The lowest BCUT2D eigenvalue weighted by Gasteiger charge is -2.18. The average Bonchev–Trinajstić information content (AvgIpc) is 3.48. The van der Waals surface area contributed by atoms with Crippen LogP contribution < -0.4 is 14.8 Å². The van der Waals surface area contributed by atoms with Crippen molar-refractivity contribution in [3.05, 3.63) is 35.5 Å². The van der Waals surface area contributed by atoms with Crippen molar-refractivity contribution in [2.24, 2.45) is 5.92 Å². The van der Waals surface area contributed by atoms with Crippen LogP contribution in [0, 0.1) is 18.7 Å². The van der Waals surface area contributed by atoms with Crippen LogP contribution in [0.1, 0.15) is 42.2 Å². The van der Waals surface area contributed by atoms with Gasteiger partial charge in [-0.25, -0.2) is 14.4 Å². The molecule has 1 aromatic carbocycles. The summed E-state index contributed by atoms with van der Waals surface area (Å²) in [6, 6.07) is 2.59. The van der Waals surface area contributed by atoms with Gasteiger partial charge in [0.2, 0.25) is 0 Å². The molecular formula is C26H30FN5O5. The Hall–Kier alpha value is -3.73. The number of benzene rings is 1. The Morgan fingerprint density at radius 3 is 2.76 bits per heavy atom. The Balaban J connectivity index is 1.46. The number of aliphatic hydroxyl groups excluding tert-OH is 1. The van der Waals surface area contributed by atoms with Crippen molar-refractivity contribution in [1.29, 1.82) is 0 Å². The van der Waals surface area contributed by atoms with E-state index in [4.69, 9.17) is 9.47 Å². The fourth-order valence-corrected chi connectivity index (χ4v) is 4.69. The van der Waals surface area contributed by atoms with Gasteiger partial charge in [0.15, 0.2) is 11.6 Å². The monoisotopic (exact) mass is 511 g/mol. The third-order valence-electron chi connectivity index (χ3n) is 6.87. The second-order valence-electron chi connectivity index (χ2n) is 9.73. The highest BCUT2D eigenvalue weighted by atomic mass is 19.1. The molecule has 196 valence electrons. The molecule has 2 aromatic heterocycles. The van der Waals surface area contributed by atoms with E-state index in [1.165, 1.54) is 32.5 Å². The molecule has 2 amide bonds. The molecule has 3 aromatic rings. The van der Waals surface area contributed by atoms with Gasteiger partial charge in [-0.3, -0.25) is 9.59 Å². The molecule has 3 heterocycles. The smallest absolute Gasteiger partial charge is 0.255 e. The SMILES string of the molecule is COc1cc(OCC2CC2)c(-c2ncnc3c(C(=O)N[C@@H]4CCN(C(=O)[C@H](C)O)C4)c(C)[nH]c23)cc1F. The van der Waals surface area contributed by atoms with Crippen LogP contribution in [0.5, 0.6) is 11.5 Å². The number of carbonyl (C=O) groups is 2. The van der Waals surface area contributed by atoms with Gasteiger partial charge in [0.25, 0.3) is 11.8 Å². The third-order valence-corrected chi connectivity index (χ3v) is 6.87. The lowest BCUT2D eigenvalue weighted by molar-refractivity contribution is -0.138. The average molecular weight is 512 g/mol. The molecular weight excluding hydrogens is 481 g/mol. The van der Waals surface area contributed by atoms with E-state index < -0.39 is 11.9 Å². The molecule has 0 unspecified atom stereocenters. The van der Waals surface area contributed by atoms with Gasteiger partial charge in [0.1, 0.15) is 29.4 Å². The minimum absolute atomic E-state index is 0.0715. The first kappa shape index (κ1) is 24.9. The number of hydrogen-bond donors (Lipinski definition) is 3. The number of aryl methyl sites for hydroxylation is 1. The Labute approximate surface area is 213 Å². The van der Waals surface area contributed by atoms with Crippen LogP contribution in [-0.4, -0.2) is 75.7 Å². The standard InChI is InChI=1S/C26H30FN5O5/c1-13-21(25(34)31-16-6-7-32(10-16)26(35)14(2)33)23-24(30-13)22(28-12-29-23)17-8-18(27)20(36-3)9-19(17)37-11-15-4-5-15/h8-9,12,14-16,30,33H,4-7,10-11H2,1-3H3,(H,31,34)/t14-,16+/m0/s1. The number of hydrogen-bond acceptors (Lipinski definition) is 7. The summed E-state index contributed by atoms with van der Waals surface area (Å²) in [5.74, 6) is -0.249. The number of aromatic amines is 1. The second-order valence-corrected chi connectivity index (χ2v) is 9.73. The molecule has 0 spiro atoms. The van der Waals surface area contributed by atoms with E-state index in [0.29, 0.717) is 71.3 Å². The Morgan fingerprint density at radius 1 is 1.27 bits per heavy atom. The summed E-state index contributed by atoms with van der Waals surface area (Å²) in [7, 11) is 1.40. The van der Waals surface area contributed by atoms with E-state index in [0.717, 1.165) is 12.8 Å². The van der Waals surface area contributed by atoms with E-state index in [1.807, 2.05) is 0 Å². The molecule has 2 fully saturated rings. The lowest BCUT2D eigenvalue weighted by Crippen LogP contribution is -2.41. The number of aliphatic hydroxyl groups is 1. The van der Waals surface area contributed by atoms with Crippen LogP contribution in [0.25, 0.3) is 22.3 Å². The minimum Gasteiger partial charge on any atom is -0.494 e. The number of nitrogens with one attached hydrogen (secondary N) is 2. The number of nitrogens with zero attached hydrogens (tertiary/aromatic N) is 3. The fourth-order valence-electron chi connectivity index (χ4n) is 4.69. The number of likely N-dealkylation sites (tertiary alicyclic amines) is 1. The van der Waals surface area contributed by atoms with E-state index in [-0.39, 0.29) is 23.6 Å². The van der Waals surface area contributed by atoms with E-state index >= 15 is 0 Å². The van der Waals surface area contributed by atoms with Crippen LogP contribution >= 0.6 is 0 Å². The molecule has 0 radical (unpaired) electrons.